The number of hydrogen-bond donors (Lipinski definition) is 1. The summed E-state index contributed by atoms with van der Waals surface area (Å²) >= 11 is 0. The molecule has 1 aromatic rings. The Bertz CT molecular complexity index is 494. The summed E-state index contributed by atoms with van der Waals surface area (Å²) in [7, 11) is 2.02. The van der Waals surface area contributed by atoms with Gasteiger partial charge in [-0.25, -0.2) is 0 Å². The Morgan fingerprint density at radius 3 is 2.86 bits per heavy atom. The first-order valence-corrected chi connectivity index (χ1v) is 7.80. The maximum absolute atomic E-state index is 11.6. The normalized spacial score (nSPS) is 18.6. The van der Waals surface area contributed by atoms with Crippen LogP contribution in [0.2, 0.25) is 0 Å². The highest BCUT2D eigenvalue weighted by Crippen LogP contribution is 2.24. The van der Waals surface area contributed by atoms with Gasteiger partial charge in [-0.2, -0.15) is 0 Å². The zero-order valence-electron chi connectivity index (χ0n) is 13.7. The van der Waals surface area contributed by atoms with E-state index < -0.39 is 0 Å². The molecule has 0 bridgehead atoms. The number of nitrogens with zero attached hydrogens (tertiary/aromatic N) is 1. The number of Topliss-reactive ketones (excluding diaryl/α,β-unsaturated/α-hetero) is 1. The van der Waals surface area contributed by atoms with Gasteiger partial charge in [-0.1, -0.05) is 0 Å². The SMILES string of the molecule is CCOc1ccc(C(C)=O)cc1CN1CCCC(NC)C1.Cl. The Labute approximate surface area is 139 Å². The van der Waals surface area contributed by atoms with Gasteiger partial charge in [-0.3, -0.25) is 9.69 Å². The van der Waals surface area contributed by atoms with E-state index in [-0.39, 0.29) is 18.2 Å². The number of likely N-dealkylation sites (tertiary alicyclic amines) is 1. The predicted octanol–water partition coefficient (Wildman–Crippen LogP) is 2.89. The molecular formula is C17H27ClN2O2. The minimum Gasteiger partial charge on any atom is -0.494 e. The smallest absolute Gasteiger partial charge is 0.159 e. The van der Waals surface area contributed by atoms with E-state index in [0.717, 1.165) is 36.5 Å². The largest absolute Gasteiger partial charge is 0.494 e. The maximum Gasteiger partial charge on any atom is 0.159 e. The molecule has 1 aromatic carbocycles. The lowest BCUT2D eigenvalue weighted by molar-refractivity contribution is 0.101. The van der Waals surface area contributed by atoms with E-state index in [9.17, 15) is 4.79 Å². The monoisotopic (exact) mass is 326 g/mol. The van der Waals surface area contributed by atoms with E-state index in [2.05, 4.69) is 10.2 Å². The Kier molecular flexibility index (Phi) is 7.87. The number of piperidine rings is 1. The van der Waals surface area contributed by atoms with Crippen LogP contribution in [0, 0.1) is 0 Å². The van der Waals surface area contributed by atoms with Crippen LogP contribution in [-0.2, 0) is 6.54 Å². The number of nitrogens with one attached hydrogen (secondary N) is 1. The van der Waals surface area contributed by atoms with Crippen molar-refractivity contribution in [2.75, 3.05) is 26.7 Å². The van der Waals surface area contributed by atoms with Gasteiger partial charge in [0.15, 0.2) is 5.78 Å². The summed E-state index contributed by atoms with van der Waals surface area (Å²) in [5, 5.41) is 3.36. The first-order valence-electron chi connectivity index (χ1n) is 7.80. The van der Waals surface area contributed by atoms with Gasteiger partial charge in [0.25, 0.3) is 0 Å². The van der Waals surface area contributed by atoms with Gasteiger partial charge >= 0.3 is 0 Å². The number of carbonyl (C=O) groups excluding carboxylic acids is 1. The van der Waals surface area contributed by atoms with Crippen LogP contribution in [0.4, 0.5) is 0 Å². The molecule has 0 radical (unpaired) electrons. The van der Waals surface area contributed by atoms with Crippen molar-refractivity contribution in [2.45, 2.75) is 39.3 Å². The summed E-state index contributed by atoms with van der Waals surface area (Å²) in [6, 6.07) is 6.32. The van der Waals surface area contributed by atoms with Crippen molar-refractivity contribution in [3.05, 3.63) is 29.3 Å². The van der Waals surface area contributed by atoms with Gasteiger partial charge in [0, 0.05) is 30.3 Å². The fourth-order valence-electron chi connectivity index (χ4n) is 2.89. The molecule has 2 rings (SSSR count). The quantitative estimate of drug-likeness (QED) is 0.816. The first-order chi connectivity index (χ1) is 10.1. The summed E-state index contributed by atoms with van der Waals surface area (Å²) in [6.07, 6.45) is 2.45. The van der Waals surface area contributed by atoms with Crippen LogP contribution >= 0.6 is 12.4 Å². The number of ketones is 1. The highest BCUT2D eigenvalue weighted by atomic mass is 35.5. The van der Waals surface area contributed by atoms with Crippen LogP contribution in [0.5, 0.6) is 5.75 Å². The van der Waals surface area contributed by atoms with Crippen molar-refractivity contribution < 1.29 is 9.53 Å². The molecule has 0 spiro atoms. The number of carbonyl (C=O) groups is 1. The third-order valence-corrected chi connectivity index (χ3v) is 4.07. The number of ether oxygens (including phenoxy) is 1. The zero-order chi connectivity index (χ0) is 15.2. The molecule has 1 fully saturated rings. The Hall–Kier alpha value is -1.10. The van der Waals surface area contributed by atoms with E-state index in [1.807, 2.05) is 32.2 Å². The molecule has 1 unspecified atom stereocenters. The van der Waals surface area contributed by atoms with E-state index >= 15 is 0 Å². The average Bonchev–Trinajstić information content (AvgIpc) is 2.49. The van der Waals surface area contributed by atoms with Crippen LogP contribution in [-0.4, -0.2) is 43.5 Å². The Balaban J connectivity index is 0.00000242. The van der Waals surface area contributed by atoms with Crippen LogP contribution < -0.4 is 10.1 Å². The minimum absolute atomic E-state index is 0. The molecule has 1 aliphatic heterocycles. The lowest BCUT2D eigenvalue weighted by Gasteiger charge is -2.32. The van der Waals surface area contributed by atoms with Crippen LogP contribution in [0.1, 0.15) is 42.6 Å². The van der Waals surface area contributed by atoms with Crippen molar-refractivity contribution in [3.8, 4) is 5.75 Å². The molecule has 4 nitrogen and oxygen atoms in total. The van der Waals surface area contributed by atoms with Gasteiger partial charge in [-0.15, -0.1) is 12.4 Å². The third-order valence-electron chi connectivity index (χ3n) is 4.07. The van der Waals surface area contributed by atoms with Crippen molar-refractivity contribution in [3.63, 3.8) is 0 Å². The number of hydrogen-bond acceptors (Lipinski definition) is 4. The predicted molar refractivity (Wildman–Crippen MR) is 92.2 cm³/mol. The molecule has 0 amide bonds. The van der Waals surface area contributed by atoms with Gasteiger partial charge in [0.05, 0.1) is 6.61 Å². The number of halogens is 1. The third kappa shape index (κ3) is 4.97. The second-order valence-electron chi connectivity index (χ2n) is 5.67. The van der Waals surface area contributed by atoms with Crippen molar-refractivity contribution in [1.82, 2.24) is 10.2 Å². The van der Waals surface area contributed by atoms with Crippen molar-refractivity contribution in [1.29, 1.82) is 0 Å². The van der Waals surface area contributed by atoms with Gasteiger partial charge in [0.1, 0.15) is 5.75 Å². The second-order valence-corrected chi connectivity index (χ2v) is 5.67. The molecular weight excluding hydrogens is 300 g/mol. The summed E-state index contributed by atoms with van der Waals surface area (Å²) in [5.74, 6) is 1.00. The van der Waals surface area contributed by atoms with E-state index in [0.29, 0.717) is 12.6 Å². The number of rotatable bonds is 6. The molecule has 1 saturated heterocycles. The Morgan fingerprint density at radius 1 is 1.45 bits per heavy atom. The van der Waals surface area contributed by atoms with Crippen LogP contribution in [0.3, 0.4) is 0 Å². The van der Waals surface area contributed by atoms with E-state index in [1.165, 1.54) is 12.8 Å². The summed E-state index contributed by atoms with van der Waals surface area (Å²) < 4.78 is 5.71. The lowest BCUT2D eigenvalue weighted by Crippen LogP contribution is -2.43. The first kappa shape index (κ1) is 18.9. The zero-order valence-corrected chi connectivity index (χ0v) is 14.5. The fraction of sp³-hybridized carbons (Fsp3) is 0.588. The molecule has 0 saturated carbocycles. The van der Waals surface area contributed by atoms with Gasteiger partial charge in [-0.05, 0) is 58.5 Å². The second kappa shape index (κ2) is 9.13. The summed E-state index contributed by atoms with van der Waals surface area (Å²) in [5.41, 5.74) is 1.87. The molecule has 0 aliphatic carbocycles. The molecule has 5 heteroatoms. The lowest BCUT2D eigenvalue weighted by atomic mass is 10.0. The van der Waals surface area contributed by atoms with Crippen molar-refractivity contribution in [2.24, 2.45) is 0 Å². The molecule has 0 aromatic heterocycles. The molecule has 1 N–H and O–H groups in total. The van der Waals surface area contributed by atoms with Gasteiger partial charge < -0.3 is 10.1 Å². The van der Waals surface area contributed by atoms with Crippen molar-refractivity contribution >= 4 is 18.2 Å². The molecule has 1 aliphatic rings. The number of benzene rings is 1. The van der Waals surface area contributed by atoms with E-state index in [4.69, 9.17) is 4.74 Å². The molecule has 22 heavy (non-hydrogen) atoms. The van der Waals surface area contributed by atoms with E-state index in [1.54, 1.807) is 6.92 Å². The topological polar surface area (TPSA) is 41.6 Å². The summed E-state index contributed by atoms with van der Waals surface area (Å²) in [6.45, 7) is 7.23. The maximum atomic E-state index is 11.6. The standard InChI is InChI=1S/C17H26N2O2.ClH/c1-4-21-17-8-7-14(13(2)20)10-15(17)11-19-9-5-6-16(12-19)18-3;/h7-8,10,16,18H,4-6,9,11-12H2,1-3H3;1H. The fourth-order valence-corrected chi connectivity index (χ4v) is 2.89. The number of likely N-dealkylation sites (N-methyl/N-ethyl adjacent to an activating group) is 1. The molecule has 1 atom stereocenters. The molecule has 124 valence electrons. The Morgan fingerprint density at radius 2 is 2.23 bits per heavy atom. The van der Waals surface area contributed by atoms with Gasteiger partial charge in [0.2, 0.25) is 0 Å². The molecule has 1 heterocycles. The minimum atomic E-state index is 0. The summed E-state index contributed by atoms with van der Waals surface area (Å²) in [4.78, 5) is 14.0. The highest BCUT2D eigenvalue weighted by molar-refractivity contribution is 5.94. The van der Waals surface area contributed by atoms with Crippen LogP contribution in [0.25, 0.3) is 0 Å². The van der Waals surface area contributed by atoms with Crippen LogP contribution in [0.15, 0.2) is 18.2 Å². The highest BCUT2D eigenvalue weighted by Gasteiger charge is 2.20. The average molecular weight is 327 g/mol.